The standard InChI is InChI=1S/C17H24O10/c1-23-8-3-7(4-9(24-2)12(8)20)15-11(6-19)26-17-16(27-15)14(22)13(21)10(5-18)25-17/h3-4,10-11,13-22H,5-6H2,1-2H3/t10-,11+,13-,14+,15+,16-,17+/m0/s1. The second-order valence-electron chi connectivity index (χ2n) is 6.36. The van der Waals surface area contributed by atoms with E-state index in [4.69, 9.17) is 23.7 Å². The van der Waals surface area contributed by atoms with E-state index in [2.05, 4.69) is 0 Å². The molecule has 2 heterocycles. The molecule has 1 aromatic rings. The van der Waals surface area contributed by atoms with E-state index in [-0.39, 0.29) is 17.2 Å². The van der Waals surface area contributed by atoms with E-state index in [1.165, 1.54) is 26.4 Å². The third kappa shape index (κ3) is 3.57. The lowest BCUT2D eigenvalue weighted by Crippen LogP contribution is -2.63. The van der Waals surface area contributed by atoms with Crippen molar-refractivity contribution in [3.8, 4) is 17.2 Å². The van der Waals surface area contributed by atoms with Gasteiger partial charge in [-0.05, 0) is 17.7 Å². The van der Waals surface area contributed by atoms with Gasteiger partial charge in [0, 0.05) is 0 Å². The molecule has 10 nitrogen and oxygen atoms in total. The molecule has 2 aliphatic rings. The summed E-state index contributed by atoms with van der Waals surface area (Å²) in [6.07, 6.45) is -7.63. The first-order chi connectivity index (χ1) is 12.9. The lowest BCUT2D eigenvalue weighted by Gasteiger charge is -2.48. The Morgan fingerprint density at radius 1 is 0.889 bits per heavy atom. The van der Waals surface area contributed by atoms with E-state index >= 15 is 0 Å². The van der Waals surface area contributed by atoms with Crippen LogP contribution in [0, 0.1) is 0 Å². The van der Waals surface area contributed by atoms with Crippen molar-refractivity contribution in [1.82, 2.24) is 0 Å². The molecule has 0 amide bonds. The van der Waals surface area contributed by atoms with E-state index in [0.717, 1.165) is 0 Å². The van der Waals surface area contributed by atoms with Gasteiger partial charge in [-0.3, -0.25) is 0 Å². The van der Waals surface area contributed by atoms with Crippen LogP contribution in [0.3, 0.4) is 0 Å². The van der Waals surface area contributed by atoms with Crippen molar-refractivity contribution in [2.24, 2.45) is 0 Å². The highest BCUT2D eigenvalue weighted by Crippen LogP contribution is 2.43. The predicted molar refractivity (Wildman–Crippen MR) is 88.5 cm³/mol. The summed E-state index contributed by atoms with van der Waals surface area (Å²) >= 11 is 0. The van der Waals surface area contributed by atoms with Gasteiger partial charge in [0.15, 0.2) is 17.8 Å². The number of hydrogen-bond donors (Lipinski definition) is 5. The Morgan fingerprint density at radius 3 is 1.96 bits per heavy atom. The SMILES string of the molecule is COc1cc([C@H]2O[C@@H]3[C@H](O[C@@H](CO)[C@H](O)[C@H]3O)O[C@@H]2CO)cc(OC)c1O. The minimum Gasteiger partial charge on any atom is -0.502 e. The van der Waals surface area contributed by atoms with Gasteiger partial charge in [-0.15, -0.1) is 0 Å². The number of fused-ring (bicyclic) bond motifs is 1. The fourth-order valence-corrected chi connectivity index (χ4v) is 3.32. The molecular formula is C17H24O10. The summed E-state index contributed by atoms with van der Waals surface area (Å²) in [4.78, 5) is 0. The number of methoxy groups -OCH3 is 2. The van der Waals surface area contributed by atoms with Gasteiger partial charge in [0.1, 0.15) is 36.6 Å². The highest BCUT2D eigenvalue weighted by atomic mass is 16.7. The first-order valence-corrected chi connectivity index (χ1v) is 8.44. The molecule has 0 bridgehead atoms. The highest BCUT2D eigenvalue weighted by molar-refractivity contribution is 5.53. The molecule has 0 saturated carbocycles. The second kappa shape index (κ2) is 8.15. The van der Waals surface area contributed by atoms with Crippen molar-refractivity contribution in [3.05, 3.63) is 17.7 Å². The molecule has 2 saturated heterocycles. The molecule has 0 radical (unpaired) electrons. The maximum absolute atomic E-state index is 10.3. The Hall–Kier alpha value is -1.66. The molecule has 0 aliphatic carbocycles. The number of ether oxygens (including phenoxy) is 5. The molecule has 1 aromatic carbocycles. The largest absolute Gasteiger partial charge is 0.502 e. The topological polar surface area (TPSA) is 147 Å². The quantitative estimate of drug-likeness (QED) is 0.411. The number of aromatic hydroxyl groups is 1. The Kier molecular flexibility index (Phi) is 6.06. The molecule has 3 rings (SSSR count). The van der Waals surface area contributed by atoms with Crippen LogP contribution in [0.2, 0.25) is 0 Å². The second-order valence-corrected chi connectivity index (χ2v) is 6.36. The smallest absolute Gasteiger partial charge is 0.200 e. The molecular weight excluding hydrogens is 364 g/mol. The monoisotopic (exact) mass is 388 g/mol. The van der Waals surface area contributed by atoms with Crippen LogP contribution >= 0.6 is 0 Å². The third-order valence-corrected chi connectivity index (χ3v) is 4.79. The molecule has 152 valence electrons. The normalized spacial score (nSPS) is 36.1. The number of phenols is 1. The molecule has 27 heavy (non-hydrogen) atoms. The first kappa shape index (κ1) is 20.1. The Bertz CT molecular complexity index is 628. The van der Waals surface area contributed by atoms with Crippen LogP contribution in [-0.2, 0) is 14.2 Å². The number of aliphatic hydroxyl groups excluding tert-OH is 4. The zero-order valence-electron chi connectivity index (χ0n) is 14.9. The maximum Gasteiger partial charge on any atom is 0.200 e. The fourth-order valence-electron chi connectivity index (χ4n) is 3.32. The van der Waals surface area contributed by atoms with Crippen molar-refractivity contribution < 1.29 is 49.2 Å². The van der Waals surface area contributed by atoms with Gasteiger partial charge in [-0.25, -0.2) is 0 Å². The molecule has 2 fully saturated rings. The van der Waals surface area contributed by atoms with Gasteiger partial charge in [0.05, 0.1) is 27.4 Å². The zero-order chi connectivity index (χ0) is 19.7. The summed E-state index contributed by atoms with van der Waals surface area (Å²) in [5, 5.41) is 49.5. The Labute approximate surface area is 155 Å². The van der Waals surface area contributed by atoms with Gasteiger partial charge < -0.3 is 49.2 Å². The van der Waals surface area contributed by atoms with Gasteiger partial charge in [-0.1, -0.05) is 0 Å². The van der Waals surface area contributed by atoms with Crippen LogP contribution in [0.1, 0.15) is 11.7 Å². The van der Waals surface area contributed by atoms with Crippen LogP contribution in [-0.4, -0.2) is 89.8 Å². The van der Waals surface area contributed by atoms with Crippen LogP contribution in [0.25, 0.3) is 0 Å². The van der Waals surface area contributed by atoms with Crippen molar-refractivity contribution in [1.29, 1.82) is 0 Å². The van der Waals surface area contributed by atoms with Crippen molar-refractivity contribution in [3.63, 3.8) is 0 Å². The summed E-state index contributed by atoms with van der Waals surface area (Å²) < 4.78 is 27.3. The van der Waals surface area contributed by atoms with Crippen LogP contribution < -0.4 is 9.47 Å². The predicted octanol–water partition coefficient (Wildman–Crippen LogP) is -1.33. The summed E-state index contributed by atoms with van der Waals surface area (Å²) in [6, 6.07) is 3.00. The number of rotatable bonds is 5. The molecule has 7 atom stereocenters. The molecule has 0 aromatic heterocycles. The zero-order valence-corrected chi connectivity index (χ0v) is 14.9. The maximum atomic E-state index is 10.3. The fraction of sp³-hybridized carbons (Fsp3) is 0.647. The van der Waals surface area contributed by atoms with Crippen LogP contribution in [0.5, 0.6) is 17.2 Å². The Balaban J connectivity index is 1.93. The van der Waals surface area contributed by atoms with Gasteiger partial charge >= 0.3 is 0 Å². The number of aliphatic hydroxyl groups is 4. The third-order valence-electron chi connectivity index (χ3n) is 4.79. The summed E-state index contributed by atoms with van der Waals surface area (Å²) in [5.74, 6) is 0.0707. The van der Waals surface area contributed by atoms with E-state index in [1.807, 2.05) is 0 Å². The average Bonchev–Trinajstić information content (AvgIpc) is 2.69. The molecule has 0 spiro atoms. The van der Waals surface area contributed by atoms with Crippen molar-refractivity contribution in [2.75, 3.05) is 27.4 Å². The summed E-state index contributed by atoms with van der Waals surface area (Å²) in [5.41, 5.74) is 0.463. The highest BCUT2D eigenvalue weighted by Gasteiger charge is 2.51. The minimum atomic E-state index is -1.37. The number of hydrogen-bond acceptors (Lipinski definition) is 10. The van der Waals surface area contributed by atoms with E-state index in [9.17, 15) is 25.5 Å². The molecule has 0 unspecified atom stereocenters. The molecule has 2 aliphatic heterocycles. The van der Waals surface area contributed by atoms with Gasteiger partial charge in [0.25, 0.3) is 0 Å². The summed E-state index contributed by atoms with van der Waals surface area (Å²) in [6.45, 7) is -0.935. The van der Waals surface area contributed by atoms with Crippen LogP contribution in [0.4, 0.5) is 0 Å². The molecule has 5 N–H and O–H groups in total. The molecule has 10 heteroatoms. The number of phenolic OH excluding ortho intramolecular Hbond substituents is 1. The minimum absolute atomic E-state index is 0.132. The average molecular weight is 388 g/mol. The first-order valence-electron chi connectivity index (χ1n) is 8.44. The Morgan fingerprint density at radius 2 is 1.44 bits per heavy atom. The lowest BCUT2D eigenvalue weighted by molar-refractivity contribution is -0.371. The van der Waals surface area contributed by atoms with E-state index in [0.29, 0.717) is 5.56 Å². The van der Waals surface area contributed by atoms with Crippen molar-refractivity contribution >= 4 is 0 Å². The van der Waals surface area contributed by atoms with Gasteiger partial charge in [0.2, 0.25) is 5.75 Å². The van der Waals surface area contributed by atoms with Gasteiger partial charge in [-0.2, -0.15) is 0 Å². The number of benzene rings is 1. The van der Waals surface area contributed by atoms with E-state index < -0.39 is 56.1 Å². The summed E-state index contributed by atoms with van der Waals surface area (Å²) in [7, 11) is 2.75. The van der Waals surface area contributed by atoms with Crippen molar-refractivity contribution in [2.45, 2.75) is 42.9 Å². The lowest BCUT2D eigenvalue weighted by atomic mass is 9.95. The van der Waals surface area contributed by atoms with Crippen LogP contribution in [0.15, 0.2) is 12.1 Å². The van der Waals surface area contributed by atoms with E-state index in [1.54, 1.807) is 0 Å².